The summed E-state index contributed by atoms with van der Waals surface area (Å²) in [7, 11) is 1.64. The van der Waals surface area contributed by atoms with Gasteiger partial charge in [-0.3, -0.25) is 0 Å². The molecule has 0 saturated heterocycles. The van der Waals surface area contributed by atoms with E-state index in [0.29, 0.717) is 11.4 Å². The van der Waals surface area contributed by atoms with Gasteiger partial charge in [0, 0.05) is 18.1 Å². The highest BCUT2D eigenvalue weighted by Gasteiger charge is 2.19. The molecule has 0 heterocycles. The van der Waals surface area contributed by atoms with Crippen molar-refractivity contribution in [3.63, 3.8) is 0 Å². The molecule has 0 fully saturated rings. The Hall–Kier alpha value is -1.26. The fourth-order valence-electron chi connectivity index (χ4n) is 1.77. The maximum atomic E-state index is 10.7. The van der Waals surface area contributed by atoms with Gasteiger partial charge in [-0.1, -0.05) is 29.8 Å². The van der Waals surface area contributed by atoms with E-state index < -0.39 is 6.09 Å². The van der Waals surface area contributed by atoms with Crippen molar-refractivity contribution in [1.82, 2.24) is 0 Å². The third-order valence-corrected chi connectivity index (χ3v) is 3.13. The first-order valence-electron chi connectivity index (χ1n) is 5.74. The van der Waals surface area contributed by atoms with E-state index >= 15 is 0 Å². The third kappa shape index (κ3) is 4.55. The SMILES string of the molecule is COC(C)CC(COC(N)=O)c1ccccc1Cl. The quantitative estimate of drug-likeness (QED) is 0.865. The number of nitrogens with two attached hydrogens (primary N) is 1. The van der Waals surface area contributed by atoms with E-state index in [0.717, 1.165) is 5.56 Å². The van der Waals surface area contributed by atoms with Gasteiger partial charge in [-0.2, -0.15) is 0 Å². The van der Waals surface area contributed by atoms with Crippen LogP contribution < -0.4 is 5.73 Å². The number of benzene rings is 1. The van der Waals surface area contributed by atoms with E-state index in [9.17, 15) is 4.79 Å². The van der Waals surface area contributed by atoms with Crippen LogP contribution in [0.4, 0.5) is 4.79 Å². The van der Waals surface area contributed by atoms with Crippen molar-refractivity contribution >= 4 is 17.7 Å². The average molecular weight is 272 g/mol. The molecule has 1 amide bonds. The van der Waals surface area contributed by atoms with E-state index in [4.69, 9.17) is 26.8 Å². The van der Waals surface area contributed by atoms with Gasteiger partial charge in [0.05, 0.1) is 6.10 Å². The van der Waals surface area contributed by atoms with Crippen LogP contribution in [0.15, 0.2) is 24.3 Å². The van der Waals surface area contributed by atoms with Gasteiger partial charge in [0.15, 0.2) is 0 Å². The van der Waals surface area contributed by atoms with Crippen LogP contribution in [-0.4, -0.2) is 25.9 Å². The van der Waals surface area contributed by atoms with Crippen molar-refractivity contribution in [2.24, 2.45) is 5.73 Å². The maximum Gasteiger partial charge on any atom is 0.404 e. The van der Waals surface area contributed by atoms with Crippen molar-refractivity contribution in [3.05, 3.63) is 34.9 Å². The topological polar surface area (TPSA) is 61.6 Å². The molecule has 0 aliphatic carbocycles. The van der Waals surface area contributed by atoms with Crippen molar-refractivity contribution < 1.29 is 14.3 Å². The molecule has 0 radical (unpaired) electrons. The number of rotatable bonds is 6. The van der Waals surface area contributed by atoms with Crippen molar-refractivity contribution in [3.8, 4) is 0 Å². The lowest BCUT2D eigenvalue weighted by atomic mass is 9.94. The van der Waals surface area contributed by atoms with Crippen LogP contribution >= 0.6 is 11.6 Å². The first-order valence-corrected chi connectivity index (χ1v) is 6.11. The average Bonchev–Trinajstić information content (AvgIpc) is 2.34. The number of primary amides is 1. The number of carbonyl (C=O) groups excluding carboxylic acids is 1. The van der Waals surface area contributed by atoms with Crippen LogP contribution in [0, 0.1) is 0 Å². The largest absolute Gasteiger partial charge is 0.449 e. The number of hydrogen-bond donors (Lipinski definition) is 1. The molecular weight excluding hydrogens is 254 g/mol. The minimum atomic E-state index is -0.780. The summed E-state index contributed by atoms with van der Waals surface area (Å²) in [5.74, 6) is -0.0267. The molecule has 4 nitrogen and oxygen atoms in total. The van der Waals surface area contributed by atoms with E-state index in [2.05, 4.69) is 0 Å². The Morgan fingerprint density at radius 2 is 2.11 bits per heavy atom. The van der Waals surface area contributed by atoms with Gasteiger partial charge < -0.3 is 15.2 Å². The summed E-state index contributed by atoms with van der Waals surface area (Å²) in [4.78, 5) is 10.7. The molecule has 0 aliphatic rings. The van der Waals surface area contributed by atoms with Crippen LogP contribution in [0.1, 0.15) is 24.8 Å². The second kappa shape index (κ2) is 7.24. The van der Waals surface area contributed by atoms with Crippen LogP contribution in [-0.2, 0) is 9.47 Å². The van der Waals surface area contributed by atoms with Crippen molar-refractivity contribution in [2.75, 3.05) is 13.7 Å². The zero-order valence-corrected chi connectivity index (χ0v) is 11.3. The van der Waals surface area contributed by atoms with E-state index in [1.165, 1.54) is 0 Å². The molecule has 100 valence electrons. The summed E-state index contributed by atoms with van der Waals surface area (Å²) in [5, 5.41) is 0.652. The smallest absolute Gasteiger partial charge is 0.404 e. The summed E-state index contributed by atoms with van der Waals surface area (Å²) in [6.45, 7) is 2.15. The van der Waals surface area contributed by atoms with Crippen molar-refractivity contribution in [1.29, 1.82) is 0 Å². The zero-order chi connectivity index (χ0) is 13.5. The first kappa shape index (κ1) is 14.8. The molecule has 0 bridgehead atoms. The van der Waals surface area contributed by atoms with E-state index in [1.807, 2.05) is 31.2 Å². The number of hydrogen-bond acceptors (Lipinski definition) is 3. The number of halogens is 1. The molecule has 1 aromatic carbocycles. The predicted octanol–water partition coefficient (Wildman–Crippen LogP) is 2.94. The molecule has 0 spiro atoms. The fraction of sp³-hybridized carbons (Fsp3) is 0.462. The van der Waals surface area contributed by atoms with Gasteiger partial charge in [0.1, 0.15) is 6.61 Å². The minimum Gasteiger partial charge on any atom is -0.449 e. The van der Waals surface area contributed by atoms with Crippen LogP contribution in [0.2, 0.25) is 5.02 Å². The van der Waals surface area contributed by atoms with E-state index in [-0.39, 0.29) is 18.6 Å². The lowest BCUT2D eigenvalue weighted by Gasteiger charge is -2.21. The Bertz CT molecular complexity index is 398. The Balaban J connectivity index is 2.82. The minimum absolute atomic E-state index is 0.0267. The van der Waals surface area contributed by atoms with Crippen molar-refractivity contribution in [2.45, 2.75) is 25.4 Å². The van der Waals surface area contributed by atoms with Gasteiger partial charge in [0.2, 0.25) is 0 Å². The van der Waals surface area contributed by atoms with Gasteiger partial charge >= 0.3 is 6.09 Å². The molecule has 2 atom stereocenters. The standard InChI is InChI=1S/C13H18ClNO3/c1-9(17-2)7-10(8-18-13(15)16)11-5-3-4-6-12(11)14/h3-6,9-10H,7-8H2,1-2H3,(H2,15,16). The highest BCUT2D eigenvalue weighted by Crippen LogP contribution is 2.28. The molecule has 1 rings (SSSR count). The van der Waals surface area contributed by atoms with Gasteiger partial charge in [-0.15, -0.1) is 0 Å². The number of ether oxygens (including phenoxy) is 2. The van der Waals surface area contributed by atoms with Crippen LogP contribution in [0.3, 0.4) is 0 Å². The van der Waals surface area contributed by atoms with Gasteiger partial charge in [0.25, 0.3) is 0 Å². The Morgan fingerprint density at radius 1 is 1.44 bits per heavy atom. The van der Waals surface area contributed by atoms with Crippen LogP contribution in [0.5, 0.6) is 0 Å². The Kier molecular flexibility index (Phi) is 5.95. The molecule has 18 heavy (non-hydrogen) atoms. The summed E-state index contributed by atoms with van der Waals surface area (Å²) in [5.41, 5.74) is 5.93. The first-order chi connectivity index (χ1) is 8.54. The molecular formula is C13H18ClNO3. The molecule has 1 aromatic rings. The number of methoxy groups -OCH3 is 1. The Morgan fingerprint density at radius 3 is 2.67 bits per heavy atom. The molecule has 0 aromatic heterocycles. The molecule has 2 unspecified atom stereocenters. The summed E-state index contributed by atoms with van der Waals surface area (Å²) < 4.78 is 10.1. The highest BCUT2D eigenvalue weighted by molar-refractivity contribution is 6.31. The predicted molar refractivity (Wildman–Crippen MR) is 70.8 cm³/mol. The summed E-state index contributed by atoms with van der Waals surface area (Å²) in [6.07, 6.45) is -0.0343. The molecule has 5 heteroatoms. The second-order valence-corrected chi connectivity index (χ2v) is 4.54. The summed E-state index contributed by atoms with van der Waals surface area (Å²) >= 11 is 6.15. The third-order valence-electron chi connectivity index (χ3n) is 2.79. The number of carbonyl (C=O) groups is 1. The normalized spacial score (nSPS) is 13.9. The Labute approximate surface area is 112 Å². The summed E-state index contributed by atoms with van der Waals surface area (Å²) in [6, 6.07) is 7.49. The number of amides is 1. The fourth-order valence-corrected chi connectivity index (χ4v) is 2.06. The maximum absolute atomic E-state index is 10.7. The zero-order valence-electron chi connectivity index (χ0n) is 10.6. The van der Waals surface area contributed by atoms with E-state index in [1.54, 1.807) is 7.11 Å². The lowest BCUT2D eigenvalue weighted by Crippen LogP contribution is -2.21. The molecule has 0 aliphatic heterocycles. The van der Waals surface area contributed by atoms with Gasteiger partial charge in [-0.05, 0) is 25.0 Å². The molecule has 2 N–H and O–H groups in total. The molecule has 0 saturated carbocycles. The highest BCUT2D eigenvalue weighted by atomic mass is 35.5. The van der Waals surface area contributed by atoms with Crippen LogP contribution in [0.25, 0.3) is 0 Å². The lowest BCUT2D eigenvalue weighted by molar-refractivity contribution is 0.0889. The second-order valence-electron chi connectivity index (χ2n) is 4.13. The monoisotopic (exact) mass is 271 g/mol. The van der Waals surface area contributed by atoms with Gasteiger partial charge in [-0.25, -0.2) is 4.79 Å².